The summed E-state index contributed by atoms with van der Waals surface area (Å²) in [6.07, 6.45) is 2.00. The second kappa shape index (κ2) is 6.89. The van der Waals surface area contributed by atoms with Gasteiger partial charge in [-0.3, -0.25) is 0 Å². The lowest BCUT2D eigenvalue weighted by atomic mass is 9.81. The summed E-state index contributed by atoms with van der Waals surface area (Å²) < 4.78 is 40.6. The van der Waals surface area contributed by atoms with Crippen LogP contribution in [0.1, 0.15) is 55.3 Å². The van der Waals surface area contributed by atoms with Crippen molar-refractivity contribution in [3.63, 3.8) is 0 Å². The van der Waals surface area contributed by atoms with Crippen molar-refractivity contribution >= 4 is 16.6 Å². The Morgan fingerprint density at radius 2 is 1.77 bits per heavy atom. The Balaban J connectivity index is 1.53. The Hall–Kier alpha value is -2.76. The zero-order valence-electron chi connectivity index (χ0n) is 16.8. The topological polar surface area (TPSA) is 37.4 Å². The highest BCUT2D eigenvalue weighted by Gasteiger charge is 2.41. The number of halogens is 3. The maximum absolute atomic E-state index is 13.5. The van der Waals surface area contributed by atoms with Crippen LogP contribution in [0.5, 0.6) is 0 Å². The van der Waals surface area contributed by atoms with Crippen LogP contribution in [0.2, 0.25) is 0 Å². The molecule has 0 saturated heterocycles. The van der Waals surface area contributed by atoms with Gasteiger partial charge in [-0.05, 0) is 67.5 Å². The molecule has 1 N–H and O–H groups in total. The van der Waals surface area contributed by atoms with E-state index in [0.717, 1.165) is 66.0 Å². The van der Waals surface area contributed by atoms with Gasteiger partial charge in [0.2, 0.25) is 0 Å². The summed E-state index contributed by atoms with van der Waals surface area (Å²) in [6.45, 7) is 1.87. The molecule has 1 saturated carbocycles. The molecule has 1 spiro atoms. The molecule has 30 heavy (non-hydrogen) atoms. The minimum atomic E-state index is -4.40. The average molecular weight is 412 g/mol. The van der Waals surface area contributed by atoms with E-state index in [1.165, 1.54) is 18.6 Å². The monoisotopic (exact) mass is 412 g/mol. The number of oxime groups is 1. The van der Waals surface area contributed by atoms with Crippen LogP contribution in [0, 0.1) is 6.92 Å². The number of rotatable bonds is 2. The zero-order valence-corrected chi connectivity index (χ0v) is 16.8. The van der Waals surface area contributed by atoms with Crippen molar-refractivity contribution in [2.45, 2.75) is 57.2 Å². The van der Waals surface area contributed by atoms with Gasteiger partial charge in [-0.1, -0.05) is 35.8 Å². The fraction of sp³-hybridized carbons (Fsp3) is 0.375. The summed E-state index contributed by atoms with van der Waals surface area (Å²) in [5.41, 5.74) is 3.50. The van der Waals surface area contributed by atoms with Crippen LogP contribution in [0.25, 0.3) is 22.0 Å². The maximum Gasteiger partial charge on any atom is 0.417 e. The number of H-pyrrole nitrogens is 1. The molecule has 2 aromatic carbocycles. The van der Waals surface area contributed by atoms with Crippen molar-refractivity contribution in [1.82, 2.24) is 4.98 Å². The van der Waals surface area contributed by atoms with Gasteiger partial charge in [0.05, 0.1) is 11.3 Å². The van der Waals surface area contributed by atoms with Gasteiger partial charge in [0, 0.05) is 17.3 Å². The molecule has 3 aromatic rings. The first-order valence-electron chi connectivity index (χ1n) is 10.4. The summed E-state index contributed by atoms with van der Waals surface area (Å²) in [4.78, 5) is 9.25. The highest BCUT2D eigenvalue weighted by molar-refractivity contribution is 6.05. The number of nitrogens with zero attached hydrogens (tertiary/aromatic N) is 1. The molecule has 0 radical (unpaired) electrons. The third-order valence-electron chi connectivity index (χ3n) is 6.51. The first kappa shape index (κ1) is 19.2. The number of aromatic nitrogens is 1. The largest absolute Gasteiger partial charge is 0.417 e. The van der Waals surface area contributed by atoms with Gasteiger partial charge in [-0.2, -0.15) is 13.2 Å². The van der Waals surface area contributed by atoms with E-state index in [1.54, 1.807) is 12.1 Å². The van der Waals surface area contributed by atoms with E-state index in [4.69, 9.17) is 4.84 Å². The minimum Gasteiger partial charge on any atom is -0.389 e. The lowest BCUT2D eigenvalue weighted by Crippen LogP contribution is -2.31. The number of aryl methyl sites for hydroxylation is 1. The quantitative estimate of drug-likeness (QED) is 0.484. The first-order chi connectivity index (χ1) is 14.4. The third-order valence-corrected chi connectivity index (χ3v) is 6.51. The third kappa shape index (κ3) is 3.18. The fourth-order valence-electron chi connectivity index (χ4n) is 4.89. The second-order valence-corrected chi connectivity index (χ2v) is 8.48. The molecule has 1 fully saturated rings. The van der Waals surface area contributed by atoms with Crippen LogP contribution in [-0.2, 0) is 11.0 Å². The minimum absolute atomic E-state index is 0.170. The van der Waals surface area contributed by atoms with Crippen molar-refractivity contribution in [3.8, 4) is 11.1 Å². The summed E-state index contributed by atoms with van der Waals surface area (Å²) in [7, 11) is 0. The molecule has 2 aliphatic rings. The molecule has 1 aliphatic heterocycles. The van der Waals surface area contributed by atoms with Gasteiger partial charge < -0.3 is 9.82 Å². The smallest absolute Gasteiger partial charge is 0.389 e. The van der Waals surface area contributed by atoms with Gasteiger partial charge in [0.15, 0.2) is 0 Å². The molecule has 0 bridgehead atoms. The van der Waals surface area contributed by atoms with Crippen LogP contribution in [0.3, 0.4) is 0 Å². The first-order valence-corrected chi connectivity index (χ1v) is 10.4. The summed E-state index contributed by atoms with van der Waals surface area (Å²) in [5.74, 6) is 0. The molecule has 1 aliphatic carbocycles. The van der Waals surface area contributed by atoms with Crippen molar-refractivity contribution in [2.24, 2.45) is 5.16 Å². The standard InChI is InChI=1S/C24H23F3N2O/c1-15-16(17-7-3-4-8-19(17)24(25,26)27)9-10-20-18(15)13-21(28-20)22-14-23(30-29-22)11-5-2-6-12-23/h3-4,7-10,13,28H,2,5-6,11-12,14H2,1H3. The lowest BCUT2D eigenvalue weighted by Gasteiger charge is -2.30. The molecule has 6 heteroatoms. The number of fused-ring (bicyclic) bond motifs is 1. The normalized spacial score (nSPS) is 18.6. The molecule has 0 unspecified atom stereocenters. The van der Waals surface area contributed by atoms with Gasteiger partial charge in [0.25, 0.3) is 0 Å². The molecule has 3 nitrogen and oxygen atoms in total. The SMILES string of the molecule is Cc1c(-c2ccccc2C(F)(F)F)ccc2[nH]c(C3=NOC4(CCCCC4)C3)cc12. The molecule has 156 valence electrons. The van der Waals surface area contributed by atoms with Gasteiger partial charge in [0.1, 0.15) is 11.3 Å². The Morgan fingerprint density at radius 1 is 1.00 bits per heavy atom. The molecule has 0 atom stereocenters. The van der Waals surface area contributed by atoms with Crippen molar-refractivity contribution < 1.29 is 18.0 Å². The molecular weight excluding hydrogens is 389 g/mol. The van der Waals surface area contributed by atoms with Gasteiger partial charge >= 0.3 is 6.18 Å². The molecule has 1 aromatic heterocycles. The summed E-state index contributed by atoms with van der Waals surface area (Å²) >= 11 is 0. The predicted molar refractivity (Wildman–Crippen MR) is 112 cm³/mol. The van der Waals surface area contributed by atoms with E-state index in [-0.39, 0.29) is 11.2 Å². The van der Waals surface area contributed by atoms with Crippen molar-refractivity contribution in [2.75, 3.05) is 0 Å². The van der Waals surface area contributed by atoms with E-state index in [0.29, 0.717) is 5.56 Å². The molecule has 0 amide bonds. The van der Waals surface area contributed by atoms with Crippen LogP contribution in [0.4, 0.5) is 13.2 Å². The van der Waals surface area contributed by atoms with Gasteiger partial charge in [-0.15, -0.1) is 0 Å². The second-order valence-electron chi connectivity index (χ2n) is 8.48. The van der Waals surface area contributed by atoms with Crippen LogP contribution < -0.4 is 0 Å². The Morgan fingerprint density at radius 3 is 2.53 bits per heavy atom. The Labute approximate surface area is 172 Å². The number of benzene rings is 2. The number of alkyl halides is 3. The zero-order chi connectivity index (χ0) is 20.9. The van der Waals surface area contributed by atoms with E-state index >= 15 is 0 Å². The Bertz CT molecular complexity index is 1140. The number of aromatic amines is 1. The summed E-state index contributed by atoms with van der Waals surface area (Å²) in [5, 5.41) is 5.28. The van der Waals surface area contributed by atoms with E-state index in [1.807, 2.05) is 19.1 Å². The van der Waals surface area contributed by atoms with Crippen molar-refractivity contribution in [3.05, 3.63) is 59.3 Å². The van der Waals surface area contributed by atoms with Crippen LogP contribution in [-0.4, -0.2) is 16.3 Å². The number of nitrogens with one attached hydrogen (secondary N) is 1. The van der Waals surface area contributed by atoms with Gasteiger partial charge in [-0.25, -0.2) is 0 Å². The van der Waals surface area contributed by atoms with Crippen LogP contribution in [0.15, 0.2) is 47.6 Å². The van der Waals surface area contributed by atoms with Crippen molar-refractivity contribution in [1.29, 1.82) is 0 Å². The summed E-state index contributed by atoms with van der Waals surface area (Å²) in [6, 6.07) is 11.3. The molecule has 5 rings (SSSR count). The molecule has 2 heterocycles. The highest BCUT2D eigenvalue weighted by Crippen LogP contribution is 2.41. The fourth-order valence-corrected chi connectivity index (χ4v) is 4.89. The Kier molecular flexibility index (Phi) is 4.42. The van der Waals surface area contributed by atoms with E-state index in [9.17, 15) is 13.2 Å². The number of hydrogen-bond acceptors (Lipinski definition) is 2. The van der Waals surface area contributed by atoms with E-state index < -0.39 is 11.7 Å². The predicted octanol–water partition coefficient (Wildman–Crippen LogP) is 6.99. The molecular formula is C24H23F3N2O. The highest BCUT2D eigenvalue weighted by atomic mass is 19.4. The maximum atomic E-state index is 13.5. The van der Waals surface area contributed by atoms with E-state index in [2.05, 4.69) is 10.1 Å². The number of hydrogen-bond donors (Lipinski definition) is 1. The average Bonchev–Trinajstić information content (AvgIpc) is 3.33. The van der Waals surface area contributed by atoms with Crippen LogP contribution >= 0.6 is 0 Å². The lowest BCUT2D eigenvalue weighted by molar-refractivity contribution is -0.137.